The zero-order valence-electron chi connectivity index (χ0n) is 11.5. The van der Waals surface area contributed by atoms with E-state index in [0.29, 0.717) is 6.61 Å². The third-order valence-corrected chi connectivity index (χ3v) is 3.98. The van der Waals surface area contributed by atoms with Crippen LogP contribution in [0, 0.1) is 0 Å². The fourth-order valence-corrected chi connectivity index (χ4v) is 3.10. The van der Waals surface area contributed by atoms with Crippen molar-refractivity contribution in [3.63, 3.8) is 0 Å². The number of rotatable bonds is 2. The van der Waals surface area contributed by atoms with Crippen LogP contribution in [-0.4, -0.2) is 11.6 Å². The number of hydrogen-bond acceptors (Lipinski definition) is 1. The van der Waals surface area contributed by atoms with Gasteiger partial charge in [0, 0.05) is 23.4 Å². The molecule has 0 spiro atoms. The highest BCUT2D eigenvalue weighted by Crippen LogP contribution is 2.32. The van der Waals surface area contributed by atoms with E-state index in [1.165, 1.54) is 27.9 Å². The first-order valence-corrected chi connectivity index (χ1v) is 7.13. The molecule has 0 atom stereocenters. The first kappa shape index (κ1) is 13.7. The molecule has 3 aromatic rings. The van der Waals surface area contributed by atoms with Crippen molar-refractivity contribution >= 4 is 10.9 Å². The van der Waals surface area contributed by atoms with Crippen LogP contribution in [-0.2, 0) is 13.0 Å². The maximum Gasteiger partial charge on any atom is 0.229 e. The second-order valence-corrected chi connectivity index (χ2v) is 5.15. The molecule has 0 amide bonds. The number of aromatic amines is 1. The van der Waals surface area contributed by atoms with Crippen molar-refractivity contribution in [2.24, 2.45) is 0 Å². The molecule has 0 fully saturated rings. The molecule has 0 bridgehead atoms. The highest BCUT2D eigenvalue weighted by Gasteiger charge is 2.26. The average molecular weight is 281 g/mol. The lowest BCUT2D eigenvalue weighted by Crippen LogP contribution is -2.40. The molecule has 4 rings (SSSR count). The summed E-state index contributed by atoms with van der Waals surface area (Å²) >= 11 is 0. The molecule has 2 aromatic heterocycles. The SMILES string of the molecule is C.CCOc1ccc2[n+](c1)CCc1c-2[nH]c2ccccc12. The van der Waals surface area contributed by atoms with E-state index in [1.54, 1.807) is 0 Å². The lowest BCUT2D eigenvalue weighted by molar-refractivity contribution is -0.688. The molecule has 108 valence electrons. The first-order chi connectivity index (χ1) is 9.86. The Morgan fingerprint density at radius 3 is 2.90 bits per heavy atom. The number of pyridine rings is 1. The number of nitrogens with zero attached hydrogens (tertiary/aromatic N) is 1. The Morgan fingerprint density at radius 2 is 2.05 bits per heavy atom. The molecule has 1 aromatic carbocycles. The van der Waals surface area contributed by atoms with Crippen LogP contribution in [0.25, 0.3) is 22.3 Å². The molecule has 0 unspecified atom stereocenters. The summed E-state index contributed by atoms with van der Waals surface area (Å²) in [5.74, 6) is 0.941. The summed E-state index contributed by atoms with van der Waals surface area (Å²) in [6, 6.07) is 12.7. The Morgan fingerprint density at radius 1 is 1.19 bits per heavy atom. The number of benzene rings is 1. The van der Waals surface area contributed by atoms with Crippen LogP contribution in [0.4, 0.5) is 0 Å². The van der Waals surface area contributed by atoms with Gasteiger partial charge in [0.1, 0.15) is 5.69 Å². The highest BCUT2D eigenvalue weighted by molar-refractivity contribution is 5.90. The van der Waals surface area contributed by atoms with E-state index in [2.05, 4.69) is 52.1 Å². The quantitative estimate of drug-likeness (QED) is 0.713. The number of H-pyrrole nitrogens is 1. The maximum atomic E-state index is 5.59. The number of ether oxygens (including phenoxy) is 1. The van der Waals surface area contributed by atoms with Gasteiger partial charge in [-0.25, -0.2) is 0 Å². The number of nitrogens with one attached hydrogen (secondary N) is 1. The van der Waals surface area contributed by atoms with Crippen LogP contribution in [0.1, 0.15) is 19.9 Å². The smallest absolute Gasteiger partial charge is 0.229 e. The number of aromatic nitrogens is 2. The molecule has 3 heteroatoms. The third-order valence-electron chi connectivity index (χ3n) is 3.98. The van der Waals surface area contributed by atoms with E-state index in [-0.39, 0.29) is 7.43 Å². The fraction of sp³-hybridized carbons (Fsp3) is 0.278. The summed E-state index contributed by atoms with van der Waals surface area (Å²) in [6.07, 6.45) is 3.17. The van der Waals surface area contributed by atoms with Crippen molar-refractivity contribution < 1.29 is 9.30 Å². The Bertz CT molecular complexity index is 789. The van der Waals surface area contributed by atoms with Crippen molar-refractivity contribution in [1.82, 2.24) is 4.98 Å². The minimum absolute atomic E-state index is 0. The van der Waals surface area contributed by atoms with Crippen molar-refractivity contribution in [3.8, 4) is 17.1 Å². The van der Waals surface area contributed by atoms with E-state index in [4.69, 9.17) is 4.74 Å². The molecule has 1 N–H and O–H groups in total. The molecule has 1 aliphatic heterocycles. The largest absolute Gasteiger partial charge is 0.488 e. The van der Waals surface area contributed by atoms with Gasteiger partial charge >= 0.3 is 0 Å². The van der Waals surface area contributed by atoms with Crippen LogP contribution < -0.4 is 9.30 Å². The van der Waals surface area contributed by atoms with Gasteiger partial charge in [-0.2, -0.15) is 4.57 Å². The monoisotopic (exact) mass is 281 g/mol. The zero-order chi connectivity index (χ0) is 13.5. The van der Waals surface area contributed by atoms with E-state index >= 15 is 0 Å². The second kappa shape index (κ2) is 5.24. The molecule has 0 aliphatic carbocycles. The Hall–Kier alpha value is -2.29. The molecule has 0 radical (unpaired) electrons. The van der Waals surface area contributed by atoms with E-state index in [1.807, 2.05) is 6.92 Å². The van der Waals surface area contributed by atoms with E-state index < -0.39 is 0 Å². The van der Waals surface area contributed by atoms with Gasteiger partial charge in [-0.15, -0.1) is 0 Å². The number of aryl methyl sites for hydroxylation is 2. The number of fused-ring (bicyclic) bond motifs is 5. The van der Waals surface area contributed by atoms with Crippen LogP contribution >= 0.6 is 0 Å². The predicted molar refractivity (Wildman–Crippen MR) is 85.5 cm³/mol. The third kappa shape index (κ3) is 2.09. The van der Waals surface area contributed by atoms with Crippen molar-refractivity contribution in [2.45, 2.75) is 27.3 Å². The standard InChI is InChI=1S/C17H16N2O.CH4/c1-2-20-12-7-8-16-17-14(9-10-19(16)11-12)13-5-3-4-6-15(13)18-17;/h3-8,11H,2,9-10H2,1H3;1H4/p+1. The summed E-state index contributed by atoms with van der Waals surface area (Å²) in [4.78, 5) is 3.56. The maximum absolute atomic E-state index is 5.59. The molecular formula is C18H21N2O+. The van der Waals surface area contributed by atoms with Gasteiger partial charge in [0.25, 0.3) is 0 Å². The van der Waals surface area contributed by atoms with E-state index in [9.17, 15) is 0 Å². The first-order valence-electron chi connectivity index (χ1n) is 7.13. The molecule has 0 saturated carbocycles. The molecule has 3 heterocycles. The molecular weight excluding hydrogens is 260 g/mol. The lowest BCUT2D eigenvalue weighted by atomic mass is 10.0. The van der Waals surface area contributed by atoms with Crippen molar-refractivity contribution in [2.75, 3.05) is 6.61 Å². The van der Waals surface area contributed by atoms with Gasteiger partial charge in [0.2, 0.25) is 11.9 Å². The second-order valence-electron chi connectivity index (χ2n) is 5.15. The molecule has 21 heavy (non-hydrogen) atoms. The van der Waals surface area contributed by atoms with Crippen LogP contribution in [0.3, 0.4) is 0 Å². The summed E-state index contributed by atoms with van der Waals surface area (Å²) in [6.45, 7) is 3.72. The summed E-state index contributed by atoms with van der Waals surface area (Å²) in [5, 5.41) is 1.35. The Labute approximate surface area is 125 Å². The highest BCUT2D eigenvalue weighted by atomic mass is 16.5. The fourth-order valence-electron chi connectivity index (χ4n) is 3.10. The van der Waals surface area contributed by atoms with Gasteiger partial charge in [0.05, 0.1) is 6.61 Å². The van der Waals surface area contributed by atoms with Gasteiger partial charge in [-0.05, 0) is 24.6 Å². The van der Waals surface area contributed by atoms with Gasteiger partial charge < -0.3 is 9.72 Å². The van der Waals surface area contributed by atoms with E-state index in [0.717, 1.165) is 18.7 Å². The normalized spacial score (nSPS) is 12.4. The van der Waals surface area contributed by atoms with Gasteiger partial charge in [0.15, 0.2) is 12.3 Å². The van der Waals surface area contributed by atoms with Crippen LogP contribution in [0.5, 0.6) is 5.75 Å². The van der Waals surface area contributed by atoms with Crippen LogP contribution in [0.15, 0.2) is 42.6 Å². The minimum atomic E-state index is 0. The topological polar surface area (TPSA) is 28.9 Å². The van der Waals surface area contributed by atoms with Crippen molar-refractivity contribution in [1.29, 1.82) is 0 Å². The van der Waals surface area contributed by atoms with Gasteiger partial charge in [-0.1, -0.05) is 25.6 Å². The summed E-state index contributed by atoms with van der Waals surface area (Å²) < 4.78 is 7.87. The minimum Gasteiger partial charge on any atom is -0.488 e. The Kier molecular flexibility index (Phi) is 3.42. The van der Waals surface area contributed by atoms with Crippen molar-refractivity contribution in [3.05, 3.63) is 48.2 Å². The molecule has 0 saturated heterocycles. The predicted octanol–water partition coefficient (Wildman–Crippen LogP) is 3.71. The molecule has 3 nitrogen and oxygen atoms in total. The van der Waals surface area contributed by atoms with Gasteiger partial charge in [-0.3, -0.25) is 0 Å². The lowest BCUT2D eigenvalue weighted by Gasteiger charge is -2.12. The number of hydrogen-bond donors (Lipinski definition) is 1. The number of para-hydroxylation sites is 1. The van der Waals surface area contributed by atoms with Crippen LogP contribution in [0.2, 0.25) is 0 Å². The molecule has 1 aliphatic rings. The summed E-state index contributed by atoms with van der Waals surface area (Å²) in [7, 11) is 0. The summed E-state index contributed by atoms with van der Waals surface area (Å²) in [5.41, 5.74) is 5.15. The Balaban J connectivity index is 0.00000132. The zero-order valence-corrected chi connectivity index (χ0v) is 11.5. The average Bonchev–Trinajstić information content (AvgIpc) is 2.86.